The van der Waals surface area contributed by atoms with Gasteiger partial charge in [0, 0.05) is 22.1 Å². The predicted octanol–water partition coefficient (Wildman–Crippen LogP) is 4.66. The van der Waals surface area contributed by atoms with Crippen molar-refractivity contribution in [2.45, 2.75) is 45.7 Å². The van der Waals surface area contributed by atoms with Gasteiger partial charge in [0.05, 0.1) is 0 Å². The molecule has 0 spiro atoms. The molecule has 0 fully saturated rings. The Bertz CT molecular complexity index is 326. The van der Waals surface area contributed by atoms with Crippen molar-refractivity contribution in [2.75, 3.05) is 0 Å². The van der Waals surface area contributed by atoms with E-state index in [1.165, 1.54) is 0 Å². The molecule has 90 valence electrons. The summed E-state index contributed by atoms with van der Waals surface area (Å²) in [6.07, 6.45) is 2.22. The maximum absolute atomic E-state index is 5.96. The van der Waals surface area contributed by atoms with Crippen molar-refractivity contribution in [2.24, 2.45) is 0 Å². The minimum absolute atomic E-state index is 0.189. The largest absolute Gasteiger partial charge is 0.307 e. The van der Waals surface area contributed by atoms with Crippen molar-refractivity contribution in [1.29, 1.82) is 0 Å². The molecule has 1 aromatic carbocycles. The quantitative estimate of drug-likeness (QED) is 0.811. The molecule has 1 rings (SSSR count). The van der Waals surface area contributed by atoms with Crippen molar-refractivity contribution in [1.82, 2.24) is 5.32 Å². The summed E-state index contributed by atoms with van der Waals surface area (Å²) < 4.78 is 0. The van der Waals surface area contributed by atoms with Crippen molar-refractivity contribution >= 4 is 23.2 Å². The van der Waals surface area contributed by atoms with Crippen LogP contribution in [-0.2, 0) is 6.54 Å². The van der Waals surface area contributed by atoms with Crippen molar-refractivity contribution < 1.29 is 0 Å². The Labute approximate surface area is 108 Å². The molecule has 0 unspecified atom stereocenters. The highest BCUT2D eigenvalue weighted by Gasteiger charge is 2.18. The van der Waals surface area contributed by atoms with Crippen LogP contribution in [0.4, 0.5) is 0 Å². The first kappa shape index (κ1) is 13.8. The second-order valence-corrected chi connectivity index (χ2v) is 5.27. The second-order valence-electron chi connectivity index (χ2n) is 4.40. The van der Waals surface area contributed by atoms with Crippen molar-refractivity contribution in [3.05, 3.63) is 33.8 Å². The number of halogens is 2. The fraction of sp³-hybridized carbons (Fsp3) is 0.538. The Morgan fingerprint density at radius 1 is 1.06 bits per heavy atom. The lowest BCUT2D eigenvalue weighted by Crippen LogP contribution is -2.40. The molecule has 1 nitrogen and oxygen atoms in total. The van der Waals surface area contributed by atoms with Gasteiger partial charge in [-0.2, -0.15) is 0 Å². The van der Waals surface area contributed by atoms with Crippen LogP contribution in [0.1, 0.15) is 39.2 Å². The van der Waals surface area contributed by atoms with Crippen molar-refractivity contribution in [3.8, 4) is 0 Å². The topological polar surface area (TPSA) is 12.0 Å². The van der Waals surface area contributed by atoms with Gasteiger partial charge in [-0.3, -0.25) is 0 Å². The Kier molecular flexibility index (Phi) is 5.10. The zero-order valence-corrected chi connectivity index (χ0v) is 11.6. The molecule has 0 atom stereocenters. The average Bonchev–Trinajstić information content (AvgIpc) is 2.25. The van der Waals surface area contributed by atoms with Gasteiger partial charge in [0.2, 0.25) is 0 Å². The number of nitrogens with one attached hydrogen (secondary N) is 1. The molecule has 0 aliphatic rings. The number of hydrogen-bond acceptors (Lipinski definition) is 1. The zero-order chi connectivity index (χ0) is 12.2. The third-order valence-corrected chi connectivity index (χ3v) is 3.64. The molecule has 0 saturated heterocycles. The molecule has 1 N–H and O–H groups in total. The van der Waals surface area contributed by atoms with Crippen LogP contribution in [0.3, 0.4) is 0 Å². The molecule has 3 heteroatoms. The van der Waals surface area contributed by atoms with E-state index in [-0.39, 0.29) is 5.54 Å². The van der Waals surface area contributed by atoms with Gasteiger partial charge < -0.3 is 5.32 Å². The minimum atomic E-state index is 0.189. The standard InChI is InChI=1S/C13H19Cl2N/c1-4-13(3,5-2)16-9-10-6-11(14)8-12(15)7-10/h6-8,16H,4-5,9H2,1-3H3. The molecule has 0 aliphatic carbocycles. The van der Waals surface area contributed by atoms with E-state index in [4.69, 9.17) is 23.2 Å². The van der Waals surface area contributed by atoms with E-state index in [9.17, 15) is 0 Å². The van der Waals surface area contributed by atoms with E-state index in [2.05, 4.69) is 26.1 Å². The first-order chi connectivity index (χ1) is 7.49. The van der Waals surface area contributed by atoms with Crippen LogP contribution >= 0.6 is 23.2 Å². The van der Waals surface area contributed by atoms with Gasteiger partial charge in [-0.1, -0.05) is 37.0 Å². The molecule has 0 aromatic heterocycles. The summed E-state index contributed by atoms with van der Waals surface area (Å²) in [7, 11) is 0. The highest BCUT2D eigenvalue weighted by Crippen LogP contribution is 2.20. The van der Waals surface area contributed by atoms with Gasteiger partial charge >= 0.3 is 0 Å². The van der Waals surface area contributed by atoms with Crippen molar-refractivity contribution in [3.63, 3.8) is 0 Å². The van der Waals surface area contributed by atoms with Crippen LogP contribution in [0.2, 0.25) is 10.0 Å². The van der Waals surface area contributed by atoms with Crippen LogP contribution in [-0.4, -0.2) is 5.54 Å². The smallest absolute Gasteiger partial charge is 0.0424 e. The monoisotopic (exact) mass is 259 g/mol. The van der Waals surface area contributed by atoms with Gasteiger partial charge in [-0.25, -0.2) is 0 Å². The van der Waals surface area contributed by atoms with Crippen LogP contribution in [0.5, 0.6) is 0 Å². The molecular weight excluding hydrogens is 241 g/mol. The van der Waals surface area contributed by atoms with Crippen LogP contribution in [0.25, 0.3) is 0 Å². The molecule has 1 aromatic rings. The zero-order valence-electron chi connectivity index (χ0n) is 10.1. The lowest BCUT2D eigenvalue weighted by molar-refractivity contribution is 0.329. The maximum Gasteiger partial charge on any atom is 0.0424 e. The van der Waals surface area contributed by atoms with E-state index in [0.717, 1.165) is 24.9 Å². The normalized spacial score (nSPS) is 11.8. The van der Waals surface area contributed by atoms with Gasteiger partial charge in [0.25, 0.3) is 0 Å². The third kappa shape index (κ3) is 3.97. The van der Waals surface area contributed by atoms with Crippen LogP contribution < -0.4 is 5.32 Å². The van der Waals surface area contributed by atoms with Crippen LogP contribution in [0.15, 0.2) is 18.2 Å². The summed E-state index contributed by atoms with van der Waals surface area (Å²) in [5, 5.41) is 4.94. The van der Waals surface area contributed by atoms with E-state index < -0.39 is 0 Å². The highest BCUT2D eigenvalue weighted by molar-refractivity contribution is 6.34. The molecule has 16 heavy (non-hydrogen) atoms. The number of rotatable bonds is 5. The lowest BCUT2D eigenvalue weighted by atomic mass is 9.95. The SMILES string of the molecule is CCC(C)(CC)NCc1cc(Cl)cc(Cl)c1. The molecule has 0 bridgehead atoms. The fourth-order valence-electron chi connectivity index (χ4n) is 1.53. The Balaban J connectivity index is 2.67. The van der Waals surface area contributed by atoms with Gasteiger partial charge in [-0.05, 0) is 43.5 Å². The minimum Gasteiger partial charge on any atom is -0.307 e. The Hall–Kier alpha value is -0.240. The Morgan fingerprint density at radius 3 is 2.00 bits per heavy atom. The van der Waals surface area contributed by atoms with Gasteiger partial charge in [0.1, 0.15) is 0 Å². The first-order valence-electron chi connectivity index (χ1n) is 5.69. The summed E-state index contributed by atoms with van der Waals surface area (Å²) in [6, 6.07) is 5.66. The fourth-order valence-corrected chi connectivity index (χ4v) is 2.10. The predicted molar refractivity (Wildman–Crippen MR) is 72.3 cm³/mol. The van der Waals surface area contributed by atoms with E-state index in [1.54, 1.807) is 6.07 Å². The second kappa shape index (κ2) is 5.90. The molecule has 0 aliphatic heterocycles. The summed E-state index contributed by atoms with van der Waals surface area (Å²) in [5.41, 5.74) is 1.32. The number of hydrogen-bond donors (Lipinski definition) is 1. The molecule has 0 heterocycles. The molecule has 0 saturated carbocycles. The van der Waals surface area contributed by atoms with E-state index in [1.807, 2.05) is 12.1 Å². The number of benzene rings is 1. The average molecular weight is 260 g/mol. The summed E-state index contributed by atoms with van der Waals surface area (Å²) in [6.45, 7) is 7.43. The summed E-state index contributed by atoms with van der Waals surface area (Å²) >= 11 is 11.9. The first-order valence-corrected chi connectivity index (χ1v) is 6.44. The van der Waals surface area contributed by atoms with Gasteiger partial charge in [0.15, 0.2) is 0 Å². The van der Waals surface area contributed by atoms with Crippen LogP contribution in [0, 0.1) is 0 Å². The summed E-state index contributed by atoms with van der Waals surface area (Å²) in [5.74, 6) is 0. The Morgan fingerprint density at radius 2 is 1.56 bits per heavy atom. The summed E-state index contributed by atoms with van der Waals surface area (Å²) in [4.78, 5) is 0. The molecule has 0 amide bonds. The maximum atomic E-state index is 5.96. The lowest BCUT2D eigenvalue weighted by Gasteiger charge is -2.28. The van der Waals surface area contributed by atoms with E-state index in [0.29, 0.717) is 10.0 Å². The van der Waals surface area contributed by atoms with Gasteiger partial charge in [-0.15, -0.1) is 0 Å². The molecular formula is C13H19Cl2N. The third-order valence-electron chi connectivity index (χ3n) is 3.20. The highest BCUT2D eigenvalue weighted by atomic mass is 35.5. The molecule has 0 radical (unpaired) electrons. The van der Waals surface area contributed by atoms with E-state index >= 15 is 0 Å².